The maximum Gasteiger partial charge on any atom is 0.148 e. The van der Waals surface area contributed by atoms with E-state index in [1.807, 2.05) is 25.1 Å². The van der Waals surface area contributed by atoms with Gasteiger partial charge in [0.1, 0.15) is 12.1 Å². The first kappa shape index (κ1) is 12.5. The lowest BCUT2D eigenvalue weighted by Crippen LogP contribution is -2.07. The van der Waals surface area contributed by atoms with E-state index in [1.54, 1.807) is 0 Å². The van der Waals surface area contributed by atoms with Crippen LogP contribution in [0.15, 0.2) is 18.2 Å². The molecular weight excluding hydrogens is 306 g/mol. The van der Waals surface area contributed by atoms with Crippen LogP contribution in [0.3, 0.4) is 0 Å². The highest BCUT2D eigenvalue weighted by Crippen LogP contribution is 2.30. The lowest BCUT2D eigenvalue weighted by Gasteiger charge is -2.11. The number of alkyl halides is 1. The van der Waals surface area contributed by atoms with Crippen LogP contribution in [0, 0.1) is 6.92 Å². The number of benzene rings is 1. The predicted molar refractivity (Wildman–Crippen MR) is 78.7 cm³/mol. The second kappa shape index (κ2) is 4.89. The zero-order valence-corrected chi connectivity index (χ0v) is 12.1. The Kier molecular flexibility index (Phi) is 3.22. The zero-order chi connectivity index (χ0) is 13.4. The molecule has 0 spiro atoms. The van der Waals surface area contributed by atoms with Crippen LogP contribution in [0.1, 0.15) is 28.9 Å². The summed E-state index contributed by atoms with van der Waals surface area (Å²) in [6.45, 7) is 1.95. The largest absolute Gasteiger partial charge is 0.366 e. The highest BCUT2D eigenvalue weighted by atomic mass is 79.9. The summed E-state index contributed by atoms with van der Waals surface area (Å²) in [7, 11) is 0. The molecule has 1 N–H and O–H groups in total. The maximum absolute atomic E-state index is 11.0. The lowest BCUT2D eigenvalue weighted by molar-refractivity contribution is -0.107. The minimum Gasteiger partial charge on any atom is -0.366 e. The highest BCUT2D eigenvalue weighted by molar-refractivity contribution is 9.09. The molecule has 1 unspecified atom stereocenters. The number of anilines is 1. The molecule has 0 saturated heterocycles. The summed E-state index contributed by atoms with van der Waals surface area (Å²) in [5, 5.41) is 3.38. The van der Waals surface area contributed by atoms with Gasteiger partial charge in [-0.15, -0.1) is 0 Å². The van der Waals surface area contributed by atoms with Crippen molar-refractivity contribution >= 4 is 39.1 Å². The molecule has 1 saturated carbocycles. The van der Waals surface area contributed by atoms with E-state index in [0.29, 0.717) is 6.04 Å². The number of aldehydes is 1. The van der Waals surface area contributed by atoms with Gasteiger partial charge in [-0.1, -0.05) is 28.1 Å². The third kappa shape index (κ3) is 2.47. The highest BCUT2D eigenvalue weighted by Gasteiger charge is 2.23. The van der Waals surface area contributed by atoms with Gasteiger partial charge < -0.3 is 10.1 Å². The Labute approximate surface area is 119 Å². The number of carbonyl (C=O) groups excluding carboxylic acids is 1. The molecule has 0 radical (unpaired) electrons. The van der Waals surface area contributed by atoms with E-state index in [-0.39, 0.29) is 4.83 Å². The standard InChI is InChI=1S/C14H14BrN3O/c1-8-14(17-9-5-6-9)18-13-10(11(15)7-19)3-2-4-12(13)16-8/h2-4,7,9,11H,5-6H2,1H3,(H,17,18). The van der Waals surface area contributed by atoms with E-state index in [9.17, 15) is 4.79 Å². The summed E-state index contributed by atoms with van der Waals surface area (Å²) in [5.74, 6) is 0.827. The van der Waals surface area contributed by atoms with E-state index in [4.69, 9.17) is 0 Å². The third-order valence-corrected chi connectivity index (χ3v) is 3.94. The van der Waals surface area contributed by atoms with Crippen molar-refractivity contribution in [3.05, 3.63) is 29.5 Å². The fourth-order valence-electron chi connectivity index (χ4n) is 2.04. The SMILES string of the molecule is Cc1nc2cccc(C(Br)C=O)c2nc1NC1CC1. The van der Waals surface area contributed by atoms with Crippen molar-refractivity contribution in [3.63, 3.8) is 0 Å². The molecule has 0 bridgehead atoms. The van der Waals surface area contributed by atoms with E-state index in [0.717, 1.165) is 34.4 Å². The number of para-hydroxylation sites is 1. The quantitative estimate of drug-likeness (QED) is 0.694. The smallest absolute Gasteiger partial charge is 0.148 e. The fraction of sp³-hybridized carbons (Fsp3) is 0.357. The van der Waals surface area contributed by atoms with Crippen LogP contribution in [0.5, 0.6) is 0 Å². The summed E-state index contributed by atoms with van der Waals surface area (Å²) in [6, 6.07) is 6.26. The van der Waals surface area contributed by atoms with Gasteiger partial charge in [-0.3, -0.25) is 0 Å². The van der Waals surface area contributed by atoms with Crippen LogP contribution in [-0.2, 0) is 4.79 Å². The van der Waals surface area contributed by atoms with E-state index < -0.39 is 0 Å². The monoisotopic (exact) mass is 319 g/mol. The first-order chi connectivity index (χ1) is 9.19. The van der Waals surface area contributed by atoms with Crippen molar-refractivity contribution in [1.82, 2.24) is 9.97 Å². The molecule has 1 heterocycles. The summed E-state index contributed by atoms with van der Waals surface area (Å²) in [5.41, 5.74) is 3.36. The van der Waals surface area contributed by atoms with Crippen molar-refractivity contribution in [2.24, 2.45) is 0 Å². The number of fused-ring (bicyclic) bond motifs is 1. The molecule has 1 fully saturated rings. The molecule has 1 aromatic carbocycles. The second-order valence-corrected chi connectivity index (χ2v) is 5.82. The number of aryl methyl sites for hydroxylation is 1. The van der Waals surface area contributed by atoms with E-state index in [2.05, 4.69) is 31.2 Å². The fourth-order valence-corrected chi connectivity index (χ4v) is 2.41. The molecule has 0 aliphatic heterocycles. The van der Waals surface area contributed by atoms with Gasteiger partial charge in [-0.05, 0) is 25.8 Å². The molecule has 3 rings (SSSR count). The zero-order valence-electron chi connectivity index (χ0n) is 10.6. The Hall–Kier alpha value is -1.49. The molecule has 4 nitrogen and oxygen atoms in total. The van der Waals surface area contributed by atoms with Gasteiger partial charge in [0, 0.05) is 11.6 Å². The number of carbonyl (C=O) groups is 1. The van der Waals surface area contributed by atoms with Crippen LogP contribution >= 0.6 is 15.9 Å². The van der Waals surface area contributed by atoms with Crippen LogP contribution in [0.2, 0.25) is 0 Å². The molecule has 1 aromatic heterocycles. The first-order valence-corrected chi connectivity index (χ1v) is 7.24. The average Bonchev–Trinajstić information content (AvgIpc) is 3.22. The third-order valence-electron chi connectivity index (χ3n) is 3.24. The first-order valence-electron chi connectivity index (χ1n) is 6.32. The lowest BCUT2D eigenvalue weighted by atomic mass is 10.1. The number of aromatic nitrogens is 2. The van der Waals surface area contributed by atoms with Crippen molar-refractivity contribution in [2.45, 2.75) is 30.6 Å². The van der Waals surface area contributed by atoms with Gasteiger partial charge >= 0.3 is 0 Å². The second-order valence-electron chi connectivity index (χ2n) is 4.83. The van der Waals surface area contributed by atoms with Crippen molar-refractivity contribution < 1.29 is 4.79 Å². The minimum atomic E-state index is -0.345. The van der Waals surface area contributed by atoms with Crippen molar-refractivity contribution in [1.29, 1.82) is 0 Å². The van der Waals surface area contributed by atoms with Crippen molar-refractivity contribution in [2.75, 3.05) is 5.32 Å². The minimum absolute atomic E-state index is 0.345. The summed E-state index contributed by atoms with van der Waals surface area (Å²) >= 11 is 3.36. The Bertz CT molecular complexity index is 640. The molecular formula is C14H14BrN3O. The number of rotatable bonds is 4. The van der Waals surface area contributed by atoms with Gasteiger partial charge in [-0.25, -0.2) is 9.97 Å². The van der Waals surface area contributed by atoms with Crippen LogP contribution in [-0.4, -0.2) is 22.3 Å². The topological polar surface area (TPSA) is 54.9 Å². The van der Waals surface area contributed by atoms with E-state index >= 15 is 0 Å². The molecule has 2 aromatic rings. The molecule has 1 aliphatic rings. The van der Waals surface area contributed by atoms with Gasteiger partial charge in [0.05, 0.1) is 21.6 Å². The van der Waals surface area contributed by atoms with E-state index in [1.165, 1.54) is 12.8 Å². The van der Waals surface area contributed by atoms with Crippen molar-refractivity contribution in [3.8, 4) is 0 Å². The molecule has 1 aliphatic carbocycles. The van der Waals surface area contributed by atoms with Crippen LogP contribution in [0.4, 0.5) is 5.82 Å². The molecule has 0 amide bonds. The van der Waals surface area contributed by atoms with Crippen LogP contribution in [0.25, 0.3) is 11.0 Å². The Balaban J connectivity index is 2.14. The summed E-state index contributed by atoms with van der Waals surface area (Å²) in [6.07, 6.45) is 3.25. The average molecular weight is 320 g/mol. The summed E-state index contributed by atoms with van der Waals surface area (Å²) < 4.78 is 0. The predicted octanol–water partition coefficient (Wildman–Crippen LogP) is 3.15. The van der Waals surface area contributed by atoms with Gasteiger partial charge in [0.2, 0.25) is 0 Å². The Morgan fingerprint density at radius 2 is 2.21 bits per heavy atom. The number of nitrogens with zero attached hydrogens (tertiary/aromatic N) is 2. The molecule has 19 heavy (non-hydrogen) atoms. The van der Waals surface area contributed by atoms with Gasteiger partial charge in [-0.2, -0.15) is 0 Å². The number of hydrogen-bond acceptors (Lipinski definition) is 4. The Morgan fingerprint density at radius 1 is 1.42 bits per heavy atom. The Morgan fingerprint density at radius 3 is 2.89 bits per heavy atom. The normalized spacial score (nSPS) is 16.3. The molecule has 5 heteroatoms. The van der Waals surface area contributed by atoms with Crippen LogP contribution < -0.4 is 5.32 Å². The maximum atomic E-state index is 11.0. The number of nitrogens with one attached hydrogen (secondary N) is 1. The molecule has 98 valence electrons. The number of halogens is 1. The van der Waals surface area contributed by atoms with Gasteiger partial charge in [0.15, 0.2) is 0 Å². The summed E-state index contributed by atoms with van der Waals surface area (Å²) in [4.78, 5) is 19.9. The number of hydrogen-bond donors (Lipinski definition) is 1. The van der Waals surface area contributed by atoms with Gasteiger partial charge in [0.25, 0.3) is 0 Å². The molecule has 1 atom stereocenters.